The van der Waals surface area contributed by atoms with Crippen LogP contribution in [0.15, 0.2) is 152 Å². The maximum atomic E-state index is 2.90. The van der Waals surface area contributed by atoms with Crippen molar-refractivity contribution < 1.29 is 0 Å². The average Bonchev–Trinajstić information content (AvgIpc) is 3.73. The van der Waals surface area contributed by atoms with Crippen molar-refractivity contribution in [1.29, 1.82) is 0 Å². The molecule has 0 radical (unpaired) electrons. The Bertz CT molecular complexity index is 3970. The minimum atomic E-state index is -0.0339. The first-order chi connectivity index (χ1) is 38.4. The monoisotopic (exact) mass is 1030 g/mol. The van der Waals surface area contributed by atoms with Crippen LogP contribution >= 0.6 is 0 Å². The Morgan fingerprint density at radius 1 is 0.468 bits per heavy atom. The highest BCUT2D eigenvalue weighted by Crippen LogP contribution is 2.64. The summed E-state index contributed by atoms with van der Waals surface area (Å²) in [6.45, 7) is 12.4. The molecule has 20 rings (SSSR count). The highest BCUT2D eigenvalue weighted by atomic mass is 15.2. The Kier molecular flexibility index (Phi) is 9.31. The van der Waals surface area contributed by atoms with Crippen LogP contribution in [0.2, 0.25) is 0 Å². The van der Waals surface area contributed by atoms with E-state index in [1.54, 1.807) is 11.1 Å². The number of para-hydroxylation sites is 2. The Morgan fingerprint density at radius 3 is 1.65 bits per heavy atom. The number of hydrogen-bond donors (Lipinski definition) is 0. The number of anilines is 6. The Hall–Kier alpha value is -6.52. The summed E-state index contributed by atoms with van der Waals surface area (Å²) < 4.78 is 2.90. The van der Waals surface area contributed by atoms with Crippen molar-refractivity contribution in [3.63, 3.8) is 0 Å². The van der Waals surface area contributed by atoms with Gasteiger partial charge < -0.3 is 14.3 Å². The molecule has 3 heterocycles. The van der Waals surface area contributed by atoms with Crippen molar-refractivity contribution in [2.75, 3.05) is 9.80 Å². The fourth-order valence-corrected chi connectivity index (χ4v) is 20.8. The molecule has 8 bridgehead atoms. The minimum Gasteiger partial charge on any atom is -0.375 e. The van der Waals surface area contributed by atoms with Gasteiger partial charge in [-0.15, -0.1) is 0 Å². The average molecular weight is 1030 g/mol. The predicted molar refractivity (Wildman–Crippen MR) is 332 cm³/mol. The van der Waals surface area contributed by atoms with E-state index in [9.17, 15) is 0 Å². The van der Waals surface area contributed by atoms with Gasteiger partial charge in [0, 0.05) is 61.2 Å². The molecule has 0 saturated heterocycles. The normalized spacial score (nSPS) is 28.6. The highest BCUT2D eigenvalue weighted by Gasteiger charge is 2.54. The second-order valence-corrected chi connectivity index (χ2v) is 29.3. The molecule has 9 aromatic rings. The summed E-state index contributed by atoms with van der Waals surface area (Å²) in [5, 5.41) is 5.61. The molecule has 11 aliphatic rings. The molecule has 8 aromatic carbocycles. The summed E-state index contributed by atoms with van der Waals surface area (Å²) in [7, 11) is 0. The van der Waals surface area contributed by atoms with E-state index >= 15 is 0 Å². The third-order valence-electron chi connectivity index (χ3n) is 23.6. The number of aryl methyl sites for hydroxylation is 1. The van der Waals surface area contributed by atoms with Crippen LogP contribution < -0.4 is 20.7 Å². The number of rotatable bonds is 6. The first-order valence-electron chi connectivity index (χ1n) is 31.1. The zero-order chi connectivity index (χ0) is 52.5. The van der Waals surface area contributed by atoms with Crippen LogP contribution in [0.3, 0.4) is 0 Å². The maximum Gasteiger partial charge on any atom is 0.333 e. The number of hydrogen-bond acceptors (Lipinski definition) is 2. The zero-order valence-corrected chi connectivity index (χ0v) is 47.2. The van der Waals surface area contributed by atoms with Gasteiger partial charge in [-0.3, -0.25) is 0 Å². The smallest absolute Gasteiger partial charge is 0.333 e. The molecule has 79 heavy (non-hydrogen) atoms. The molecular formula is C75H74BN3. The van der Waals surface area contributed by atoms with Crippen LogP contribution in [0.4, 0.5) is 34.1 Å². The molecule has 0 N–H and O–H groups in total. The zero-order valence-electron chi connectivity index (χ0n) is 47.2. The van der Waals surface area contributed by atoms with E-state index in [0.29, 0.717) is 5.41 Å². The summed E-state index contributed by atoms with van der Waals surface area (Å²) in [5.41, 5.74) is 24.4. The van der Waals surface area contributed by atoms with Crippen LogP contribution in [0.25, 0.3) is 43.7 Å². The van der Waals surface area contributed by atoms with Crippen LogP contribution in [0.5, 0.6) is 0 Å². The number of nitrogens with zero attached hydrogens (tertiary/aromatic N) is 3. The van der Waals surface area contributed by atoms with Gasteiger partial charge in [-0.25, -0.2) is 0 Å². The van der Waals surface area contributed by atoms with Crippen LogP contribution in [-0.2, 0) is 21.7 Å². The van der Waals surface area contributed by atoms with Crippen LogP contribution in [-0.4, -0.2) is 11.3 Å². The van der Waals surface area contributed by atoms with E-state index in [2.05, 4.69) is 201 Å². The lowest BCUT2D eigenvalue weighted by atomic mass is 9.44. The topological polar surface area (TPSA) is 11.4 Å². The lowest BCUT2D eigenvalue weighted by Crippen LogP contribution is -2.57. The quantitative estimate of drug-likeness (QED) is 0.154. The lowest BCUT2D eigenvalue weighted by molar-refractivity contribution is -0.00527. The molecule has 8 saturated carbocycles. The van der Waals surface area contributed by atoms with Gasteiger partial charge in [-0.2, -0.15) is 0 Å². The summed E-state index contributed by atoms with van der Waals surface area (Å²) >= 11 is 0. The van der Waals surface area contributed by atoms with E-state index in [0.717, 1.165) is 35.5 Å². The molecule has 0 unspecified atom stereocenters. The van der Waals surface area contributed by atoms with Gasteiger partial charge in [-0.1, -0.05) is 113 Å². The van der Waals surface area contributed by atoms with Crippen molar-refractivity contribution in [1.82, 2.24) is 4.48 Å². The van der Waals surface area contributed by atoms with Crippen molar-refractivity contribution in [2.24, 2.45) is 35.5 Å². The van der Waals surface area contributed by atoms with Crippen molar-refractivity contribution >= 4 is 84.5 Å². The Labute approximate surface area is 468 Å². The summed E-state index contributed by atoms with van der Waals surface area (Å²) in [4.78, 5) is 5.34. The van der Waals surface area contributed by atoms with Crippen molar-refractivity contribution in [3.8, 4) is 11.1 Å². The lowest BCUT2D eigenvalue weighted by Gasteiger charge is -2.57. The van der Waals surface area contributed by atoms with Gasteiger partial charge in [0.2, 0.25) is 0 Å². The largest absolute Gasteiger partial charge is 0.375 e. The molecule has 8 fully saturated rings. The van der Waals surface area contributed by atoms with E-state index < -0.39 is 0 Å². The summed E-state index contributed by atoms with van der Waals surface area (Å²) in [6.07, 6.45) is 19.4. The van der Waals surface area contributed by atoms with Crippen molar-refractivity contribution in [3.05, 3.63) is 179 Å². The molecule has 3 nitrogen and oxygen atoms in total. The predicted octanol–water partition coefficient (Wildman–Crippen LogP) is 18.4. The second-order valence-electron chi connectivity index (χ2n) is 29.3. The van der Waals surface area contributed by atoms with Gasteiger partial charge in [0.15, 0.2) is 0 Å². The number of aromatic nitrogens is 1. The first kappa shape index (κ1) is 46.3. The molecular weight excluding hydrogens is 954 g/mol. The van der Waals surface area contributed by atoms with Gasteiger partial charge in [0.1, 0.15) is 0 Å². The third kappa shape index (κ3) is 6.44. The van der Waals surface area contributed by atoms with E-state index in [-0.39, 0.29) is 23.1 Å². The molecule has 1 aromatic heterocycles. The summed E-state index contributed by atoms with van der Waals surface area (Å²) in [5.74, 6) is 5.30. The Morgan fingerprint density at radius 2 is 1.03 bits per heavy atom. The summed E-state index contributed by atoms with van der Waals surface area (Å²) in [6, 6.07) is 61.0. The van der Waals surface area contributed by atoms with Gasteiger partial charge in [0.25, 0.3) is 0 Å². The van der Waals surface area contributed by atoms with Gasteiger partial charge >= 0.3 is 6.85 Å². The Balaban J connectivity index is 0.983. The van der Waals surface area contributed by atoms with E-state index in [4.69, 9.17) is 0 Å². The third-order valence-corrected chi connectivity index (χ3v) is 23.6. The molecule has 2 aliphatic heterocycles. The SMILES string of the molecule is Cc1cc2c(cc1N1c3cc(N(c4ccccc4)c4ccccc4)cc4c3B(c3ccc5ccccc5c31)n1c3ccc(C56CC7CC(CC(C7)C5)C6)cc3c3cc(C56CC7CC(CC(C7)C5)C6)cc-4c31)C(C)(C)CCC2(C)C. The number of fused-ring (bicyclic) bond motifs is 10. The second kappa shape index (κ2) is 15.9. The molecule has 4 heteroatoms. The fraction of sp³-hybridized carbons (Fsp3) is 0.387. The molecule has 0 amide bonds. The molecule has 392 valence electrons. The van der Waals surface area contributed by atoms with Crippen molar-refractivity contribution in [2.45, 2.75) is 146 Å². The van der Waals surface area contributed by atoms with Gasteiger partial charge in [0.05, 0.1) is 5.69 Å². The minimum absolute atomic E-state index is 0.0339. The standard InChI is InChI=1S/C75H74BN3/c1-45-26-63-64(73(4,5)25-24-72(63,2)3)38-67(45)78-68-37-57(77(55-15-8-6-9-16-55)56-17-10-7-11-18-56)36-60-62-35-54(75-42-49-30-50(43-75)32-51(31-49)44-75)34-61-59-33-53(74-39-46-27-47(40-74)29-48(28-46)41-74)21-23-66(59)79(70(61)62)76(69(60)68)65-22-20-52-14-12-13-19-58(52)71(65)78/h6-23,26,33-38,46-51H,24-25,27-32,39-44H2,1-5H3. The number of benzene rings is 8. The van der Waals surface area contributed by atoms with Gasteiger partial charge in [-0.05, 0) is 270 Å². The molecule has 0 atom stereocenters. The molecule has 9 aliphatic carbocycles. The van der Waals surface area contributed by atoms with E-state index in [1.165, 1.54) is 195 Å². The maximum absolute atomic E-state index is 2.90. The van der Waals surface area contributed by atoms with Crippen LogP contribution in [0, 0.1) is 42.4 Å². The van der Waals surface area contributed by atoms with Crippen LogP contribution in [0.1, 0.15) is 145 Å². The fourth-order valence-electron chi connectivity index (χ4n) is 20.8. The van der Waals surface area contributed by atoms with E-state index in [1.807, 2.05) is 0 Å². The molecule has 0 spiro atoms. The first-order valence-corrected chi connectivity index (χ1v) is 31.1. The highest BCUT2D eigenvalue weighted by molar-refractivity contribution is 6.90.